The highest BCUT2D eigenvalue weighted by molar-refractivity contribution is 5.47. The predicted molar refractivity (Wildman–Crippen MR) is 75.8 cm³/mol. The van der Waals surface area contributed by atoms with Crippen LogP contribution in [0.2, 0.25) is 0 Å². The van der Waals surface area contributed by atoms with Gasteiger partial charge in [0.25, 0.3) is 0 Å². The number of nitrogens with zero attached hydrogens (tertiary/aromatic N) is 2. The molecule has 2 heterocycles. The van der Waals surface area contributed by atoms with E-state index in [1.807, 2.05) is 48.7 Å². The molecule has 0 radical (unpaired) electrons. The Kier molecular flexibility index (Phi) is 3.60. The molecule has 102 valence electrons. The van der Waals surface area contributed by atoms with Gasteiger partial charge in [-0.15, -0.1) is 0 Å². The molecule has 0 fully saturated rings. The summed E-state index contributed by atoms with van der Waals surface area (Å²) in [4.78, 5) is 7.40. The standard InChI is InChI=1S/C15H16N4O/c16-12(11-5-2-1-3-6-11)8-9-14-18-15(19-20-14)13-7-4-10-17-13/h1-7,10,12,17H,8-9,16H2. The van der Waals surface area contributed by atoms with E-state index in [0.717, 1.165) is 17.7 Å². The van der Waals surface area contributed by atoms with Gasteiger partial charge in [0.05, 0.1) is 5.69 Å². The van der Waals surface area contributed by atoms with E-state index in [1.165, 1.54) is 0 Å². The van der Waals surface area contributed by atoms with Crippen molar-refractivity contribution in [3.63, 3.8) is 0 Å². The molecule has 20 heavy (non-hydrogen) atoms. The van der Waals surface area contributed by atoms with Crippen molar-refractivity contribution < 1.29 is 4.52 Å². The number of benzene rings is 1. The average molecular weight is 268 g/mol. The molecule has 3 N–H and O–H groups in total. The van der Waals surface area contributed by atoms with Crippen LogP contribution in [0.1, 0.15) is 23.9 Å². The minimum atomic E-state index is -0.0166. The number of nitrogens with two attached hydrogens (primary N) is 1. The van der Waals surface area contributed by atoms with Crippen LogP contribution in [0.15, 0.2) is 53.2 Å². The van der Waals surface area contributed by atoms with E-state index in [9.17, 15) is 0 Å². The van der Waals surface area contributed by atoms with Crippen LogP contribution in [0.25, 0.3) is 11.5 Å². The first-order valence-electron chi connectivity index (χ1n) is 6.60. The fourth-order valence-electron chi connectivity index (χ4n) is 2.08. The van der Waals surface area contributed by atoms with Crippen molar-refractivity contribution in [1.29, 1.82) is 0 Å². The maximum absolute atomic E-state index is 6.15. The minimum Gasteiger partial charge on any atom is -0.359 e. The smallest absolute Gasteiger partial charge is 0.227 e. The van der Waals surface area contributed by atoms with Gasteiger partial charge in [0, 0.05) is 18.7 Å². The van der Waals surface area contributed by atoms with Gasteiger partial charge in [0.2, 0.25) is 11.7 Å². The lowest BCUT2D eigenvalue weighted by atomic mass is 10.0. The van der Waals surface area contributed by atoms with Gasteiger partial charge in [-0.1, -0.05) is 35.5 Å². The van der Waals surface area contributed by atoms with Gasteiger partial charge < -0.3 is 15.2 Å². The molecule has 0 saturated heterocycles. The summed E-state index contributed by atoms with van der Waals surface area (Å²) in [6.45, 7) is 0. The van der Waals surface area contributed by atoms with Gasteiger partial charge in [0.1, 0.15) is 0 Å². The summed E-state index contributed by atoms with van der Waals surface area (Å²) in [5.74, 6) is 1.19. The number of aryl methyl sites for hydroxylation is 1. The summed E-state index contributed by atoms with van der Waals surface area (Å²) >= 11 is 0. The number of aromatic nitrogens is 3. The molecule has 3 aromatic rings. The third-order valence-electron chi connectivity index (χ3n) is 3.20. The SMILES string of the molecule is NC(CCc1nc(-c2ccc[nH]2)no1)c1ccccc1. The fourth-order valence-corrected chi connectivity index (χ4v) is 2.08. The van der Waals surface area contributed by atoms with Crippen LogP contribution in [-0.2, 0) is 6.42 Å². The molecule has 0 aliphatic rings. The van der Waals surface area contributed by atoms with Crippen LogP contribution in [0.5, 0.6) is 0 Å². The van der Waals surface area contributed by atoms with Crippen LogP contribution in [-0.4, -0.2) is 15.1 Å². The van der Waals surface area contributed by atoms with E-state index in [0.29, 0.717) is 18.1 Å². The van der Waals surface area contributed by atoms with Crippen LogP contribution in [0, 0.1) is 0 Å². The van der Waals surface area contributed by atoms with Crippen molar-refractivity contribution in [3.8, 4) is 11.5 Å². The first kappa shape index (κ1) is 12.6. The molecular formula is C15H16N4O. The number of aromatic amines is 1. The van der Waals surface area contributed by atoms with Gasteiger partial charge in [-0.05, 0) is 24.1 Å². The van der Waals surface area contributed by atoms with Crippen molar-refractivity contribution in [2.75, 3.05) is 0 Å². The third-order valence-corrected chi connectivity index (χ3v) is 3.20. The highest BCUT2D eigenvalue weighted by atomic mass is 16.5. The van der Waals surface area contributed by atoms with E-state index in [2.05, 4.69) is 15.1 Å². The predicted octanol–water partition coefficient (Wildman–Crippen LogP) is 2.70. The van der Waals surface area contributed by atoms with Gasteiger partial charge >= 0.3 is 0 Å². The van der Waals surface area contributed by atoms with Gasteiger partial charge in [-0.3, -0.25) is 0 Å². The summed E-state index contributed by atoms with van der Waals surface area (Å²) in [6.07, 6.45) is 3.27. The van der Waals surface area contributed by atoms with Crippen molar-refractivity contribution >= 4 is 0 Å². The van der Waals surface area contributed by atoms with E-state index in [-0.39, 0.29) is 6.04 Å². The second-order valence-electron chi connectivity index (χ2n) is 4.65. The second kappa shape index (κ2) is 5.71. The normalized spacial score (nSPS) is 12.4. The zero-order chi connectivity index (χ0) is 13.8. The Balaban J connectivity index is 1.62. The van der Waals surface area contributed by atoms with Gasteiger partial charge in [-0.2, -0.15) is 4.98 Å². The Morgan fingerprint density at radius 2 is 2.00 bits per heavy atom. The number of hydrogen-bond donors (Lipinski definition) is 2. The van der Waals surface area contributed by atoms with Crippen LogP contribution >= 0.6 is 0 Å². The largest absolute Gasteiger partial charge is 0.359 e. The quantitative estimate of drug-likeness (QED) is 0.745. The first-order chi connectivity index (χ1) is 9.83. The maximum atomic E-state index is 6.15. The lowest BCUT2D eigenvalue weighted by Gasteiger charge is -2.09. The molecule has 0 bridgehead atoms. The first-order valence-corrected chi connectivity index (χ1v) is 6.60. The zero-order valence-corrected chi connectivity index (χ0v) is 11.0. The van der Waals surface area contributed by atoms with E-state index >= 15 is 0 Å². The fraction of sp³-hybridized carbons (Fsp3) is 0.200. The summed E-state index contributed by atoms with van der Waals surface area (Å²) < 4.78 is 5.24. The molecule has 5 nitrogen and oxygen atoms in total. The molecule has 1 aromatic carbocycles. The number of nitrogens with one attached hydrogen (secondary N) is 1. The molecule has 0 saturated carbocycles. The highest BCUT2D eigenvalue weighted by Gasteiger charge is 2.11. The lowest BCUT2D eigenvalue weighted by Crippen LogP contribution is -2.11. The van der Waals surface area contributed by atoms with Crippen molar-refractivity contribution in [3.05, 3.63) is 60.1 Å². The van der Waals surface area contributed by atoms with E-state index < -0.39 is 0 Å². The number of H-pyrrole nitrogens is 1. The minimum absolute atomic E-state index is 0.0166. The Bertz CT molecular complexity index is 646. The third kappa shape index (κ3) is 2.78. The molecular weight excluding hydrogens is 252 g/mol. The van der Waals surface area contributed by atoms with E-state index in [1.54, 1.807) is 0 Å². The van der Waals surface area contributed by atoms with Gasteiger partial charge in [-0.25, -0.2) is 0 Å². The molecule has 1 unspecified atom stereocenters. The molecule has 0 aliphatic heterocycles. The Morgan fingerprint density at radius 3 is 2.75 bits per heavy atom. The van der Waals surface area contributed by atoms with Crippen LogP contribution < -0.4 is 5.73 Å². The van der Waals surface area contributed by atoms with Crippen LogP contribution in [0.4, 0.5) is 0 Å². The van der Waals surface area contributed by atoms with E-state index in [4.69, 9.17) is 10.3 Å². The zero-order valence-electron chi connectivity index (χ0n) is 11.0. The summed E-state index contributed by atoms with van der Waals surface area (Å²) in [5.41, 5.74) is 8.12. The number of hydrogen-bond acceptors (Lipinski definition) is 4. The number of rotatable bonds is 5. The molecule has 0 spiro atoms. The highest BCUT2D eigenvalue weighted by Crippen LogP contribution is 2.17. The molecule has 3 rings (SSSR count). The lowest BCUT2D eigenvalue weighted by molar-refractivity contribution is 0.372. The Hall–Kier alpha value is -2.40. The molecule has 1 atom stereocenters. The summed E-state index contributed by atoms with van der Waals surface area (Å²) in [6, 6.07) is 13.8. The Labute approximate surface area is 116 Å². The topological polar surface area (TPSA) is 80.7 Å². The molecule has 0 amide bonds. The molecule has 2 aromatic heterocycles. The summed E-state index contributed by atoms with van der Waals surface area (Å²) in [5, 5.41) is 3.95. The monoisotopic (exact) mass is 268 g/mol. The van der Waals surface area contributed by atoms with Gasteiger partial charge in [0.15, 0.2) is 0 Å². The molecule has 0 aliphatic carbocycles. The summed E-state index contributed by atoms with van der Waals surface area (Å²) in [7, 11) is 0. The molecule has 5 heteroatoms. The average Bonchev–Trinajstić information content (AvgIpc) is 3.16. The van der Waals surface area contributed by atoms with Crippen molar-refractivity contribution in [1.82, 2.24) is 15.1 Å². The van der Waals surface area contributed by atoms with Crippen molar-refractivity contribution in [2.45, 2.75) is 18.9 Å². The maximum Gasteiger partial charge on any atom is 0.227 e. The van der Waals surface area contributed by atoms with Crippen molar-refractivity contribution in [2.24, 2.45) is 5.73 Å². The van der Waals surface area contributed by atoms with Crippen LogP contribution in [0.3, 0.4) is 0 Å². The second-order valence-corrected chi connectivity index (χ2v) is 4.65. The Morgan fingerprint density at radius 1 is 1.15 bits per heavy atom.